The molecule has 1 saturated heterocycles. The number of rotatable bonds is 5. The summed E-state index contributed by atoms with van der Waals surface area (Å²) >= 11 is 1.61. The summed E-state index contributed by atoms with van der Waals surface area (Å²) in [6.45, 7) is 1.56. The predicted molar refractivity (Wildman–Crippen MR) is 103 cm³/mol. The summed E-state index contributed by atoms with van der Waals surface area (Å²) in [6, 6.07) is 9.96. The molecule has 1 amide bonds. The molecule has 5 rings (SSSR count). The topological polar surface area (TPSA) is 80.2 Å². The number of carbonyl (C=O) groups excluding carboxylic acids is 1. The lowest BCUT2D eigenvalue weighted by atomic mass is 9.81. The largest absolute Gasteiger partial charge is 0.488 e. The minimum absolute atomic E-state index is 0.0372. The van der Waals surface area contributed by atoms with E-state index in [1.54, 1.807) is 17.5 Å². The Morgan fingerprint density at radius 2 is 2.11 bits per heavy atom. The number of carbonyl (C=O) groups is 1. The molecule has 2 aromatic heterocycles. The van der Waals surface area contributed by atoms with Crippen LogP contribution in [0.3, 0.4) is 0 Å². The Balaban J connectivity index is 1.09. The molecule has 1 aromatic carbocycles. The van der Waals surface area contributed by atoms with E-state index in [1.807, 2.05) is 35.8 Å². The first-order valence-electron chi connectivity index (χ1n) is 9.08. The molecule has 1 aliphatic heterocycles. The number of thiazole rings is 1. The smallest absolute Gasteiger partial charge is 0.223 e. The number of hydrogen-bond acceptors (Lipinski definition) is 7. The molecule has 0 unspecified atom stereocenters. The number of fused-ring (bicyclic) bond motifs is 1. The van der Waals surface area contributed by atoms with E-state index in [1.165, 1.54) is 0 Å². The van der Waals surface area contributed by atoms with Crippen LogP contribution in [0.1, 0.15) is 12.8 Å². The highest BCUT2D eigenvalue weighted by molar-refractivity contribution is 7.16. The van der Waals surface area contributed by atoms with E-state index >= 15 is 0 Å². The molecule has 7 nitrogen and oxygen atoms in total. The fourth-order valence-corrected chi connectivity index (χ4v) is 4.24. The van der Waals surface area contributed by atoms with Crippen molar-refractivity contribution in [2.75, 3.05) is 18.0 Å². The van der Waals surface area contributed by atoms with Gasteiger partial charge in [0, 0.05) is 25.2 Å². The molecule has 2 aliphatic rings. The van der Waals surface area contributed by atoms with Crippen molar-refractivity contribution in [3.63, 3.8) is 0 Å². The molecule has 3 aromatic rings. The van der Waals surface area contributed by atoms with Gasteiger partial charge in [0.1, 0.15) is 17.4 Å². The molecule has 0 bridgehead atoms. The van der Waals surface area contributed by atoms with Crippen LogP contribution in [-0.2, 0) is 4.79 Å². The number of ether oxygens (including phenoxy) is 1. The maximum atomic E-state index is 12.4. The zero-order valence-corrected chi connectivity index (χ0v) is 15.4. The highest BCUT2D eigenvalue weighted by Crippen LogP contribution is 2.35. The Labute approximate surface area is 160 Å². The van der Waals surface area contributed by atoms with Crippen molar-refractivity contribution in [2.24, 2.45) is 5.92 Å². The van der Waals surface area contributed by atoms with Crippen molar-refractivity contribution in [1.82, 2.24) is 20.5 Å². The van der Waals surface area contributed by atoms with E-state index in [2.05, 4.69) is 25.4 Å². The van der Waals surface area contributed by atoms with Crippen molar-refractivity contribution in [3.8, 4) is 5.75 Å². The molecule has 2 fully saturated rings. The van der Waals surface area contributed by atoms with Crippen LogP contribution < -0.4 is 15.0 Å². The summed E-state index contributed by atoms with van der Waals surface area (Å²) in [5.41, 5.74) is 2.74. The monoisotopic (exact) mass is 381 g/mol. The summed E-state index contributed by atoms with van der Waals surface area (Å²) in [5, 5.41) is 11.1. The third-order valence-corrected chi connectivity index (χ3v) is 5.99. The predicted octanol–water partition coefficient (Wildman–Crippen LogP) is 2.25. The normalized spacial score (nSPS) is 22.1. The summed E-state index contributed by atoms with van der Waals surface area (Å²) in [5.74, 6) is 1.84. The summed E-state index contributed by atoms with van der Waals surface area (Å²) in [4.78, 5) is 18.9. The number of nitrogens with zero attached hydrogens (tertiary/aromatic N) is 4. The summed E-state index contributed by atoms with van der Waals surface area (Å²) in [7, 11) is 0. The number of amides is 1. The van der Waals surface area contributed by atoms with Gasteiger partial charge >= 0.3 is 0 Å². The molecule has 27 heavy (non-hydrogen) atoms. The number of anilines is 1. The first-order valence-corrected chi connectivity index (χ1v) is 9.96. The van der Waals surface area contributed by atoms with Crippen LogP contribution in [0.15, 0.2) is 42.0 Å². The average Bonchev–Trinajstić information content (AvgIpc) is 3.10. The van der Waals surface area contributed by atoms with Crippen LogP contribution in [0.25, 0.3) is 10.2 Å². The van der Waals surface area contributed by atoms with Gasteiger partial charge in [-0.05, 0) is 37.1 Å². The first kappa shape index (κ1) is 16.4. The highest BCUT2D eigenvalue weighted by Gasteiger charge is 2.38. The highest BCUT2D eigenvalue weighted by atomic mass is 32.1. The zero-order chi connectivity index (χ0) is 18.2. The molecule has 0 spiro atoms. The van der Waals surface area contributed by atoms with E-state index in [-0.39, 0.29) is 24.0 Å². The number of aromatic nitrogens is 3. The fourth-order valence-electron chi connectivity index (χ4n) is 3.55. The van der Waals surface area contributed by atoms with Crippen molar-refractivity contribution < 1.29 is 9.53 Å². The molecule has 138 valence electrons. The van der Waals surface area contributed by atoms with E-state index < -0.39 is 0 Å². The van der Waals surface area contributed by atoms with Gasteiger partial charge in [-0.15, -0.1) is 16.4 Å². The molecule has 8 heteroatoms. The molecule has 1 N–H and O–H groups in total. The summed E-state index contributed by atoms with van der Waals surface area (Å²) in [6.07, 6.45) is 3.26. The Morgan fingerprint density at radius 1 is 1.22 bits per heavy atom. The van der Waals surface area contributed by atoms with Gasteiger partial charge in [0.25, 0.3) is 0 Å². The van der Waals surface area contributed by atoms with Crippen LogP contribution in [-0.4, -0.2) is 46.3 Å². The van der Waals surface area contributed by atoms with Gasteiger partial charge < -0.3 is 15.0 Å². The van der Waals surface area contributed by atoms with Gasteiger partial charge in [-0.25, -0.2) is 4.98 Å². The molecule has 1 aliphatic carbocycles. The lowest BCUT2D eigenvalue weighted by molar-refractivity contribution is -0.131. The van der Waals surface area contributed by atoms with Crippen molar-refractivity contribution in [2.45, 2.75) is 25.0 Å². The second-order valence-corrected chi connectivity index (χ2v) is 7.94. The van der Waals surface area contributed by atoms with Gasteiger partial charge in [0.15, 0.2) is 5.82 Å². The van der Waals surface area contributed by atoms with Gasteiger partial charge in [-0.2, -0.15) is 5.10 Å². The Kier molecular flexibility index (Phi) is 4.12. The van der Waals surface area contributed by atoms with Crippen molar-refractivity contribution in [3.05, 3.63) is 42.0 Å². The molecule has 3 heterocycles. The fraction of sp³-hybridized carbons (Fsp3) is 0.368. The minimum Gasteiger partial charge on any atom is -0.488 e. The lowest BCUT2D eigenvalue weighted by Crippen LogP contribution is -2.61. The summed E-state index contributed by atoms with van der Waals surface area (Å²) < 4.78 is 7.19. The second kappa shape index (κ2) is 6.77. The number of para-hydroxylation sites is 1. The van der Waals surface area contributed by atoms with Crippen LogP contribution in [0, 0.1) is 5.92 Å². The van der Waals surface area contributed by atoms with Gasteiger partial charge in [-0.3, -0.25) is 4.79 Å². The van der Waals surface area contributed by atoms with Gasteiger partial charge in [0.2, 0.25) is 5.91 Å². The average molecular weight is 381 g/mol. The van der Waals surface area contributed by atoms with Crippen molar-refractivity contribution in [1.29, 1.82) is 0 Å². The van der Waals surface area contributed by atoms with E-state index in [0.717, 1.165) is 47.7 Å². The Bertz CT molecular complexity index is 951. The van der Waals surface area contributed by atoms with Crippen molar-refractivity contribution >= 4 is 33.3 Å². The zero-order valence-electron chi connectivity index (χ0n) is 14.6. The molecular weight excluding hydrogens is 362 g/mol. The lowest BCUT2D eigenvalue weighted by Gasteiger charge is -2.42. The van der Waals surface area contributed by atoms with E-state index in [4.69, 9.17) is 4.74 Å². The van der Waals surface area contributed by atoms with Crippen LogP contribution in [0.2, 0.25) is 0 Å². The van der Waals surface area contributed by atoms with Gasteiger partial charge in [-0.1, -0.05) is 6.07 Å². The third-order valence-electron chi connectivity index (χ3n) is 5.19. The maximum absolute atomic E-state index is 12.4. The van der Waals surface area contributed by atoms with E-state index in [9.17, 15) is 4.79 Å². The molecular formula is C19H19N5O2S. The van der Waals surface area contributed by atoms with Crippen LogP contribution in [0.5, 0.6) is 5.75 Å². The van der Waals surface area contributed by atoms with E-state index in [0.29, 0.717) is 0 Å². The standard InChI is InChI=1S/C19H19N5O2S/c25-19(22-13-9-24(10-13)17-5-2-6-21-23-17)12-7-14(8-12)26-15-3-1-4-16-18(15)20-11-27-16/h1-6,11-14H,7-10H2,(H,22,25)/t12-,14-. The van der Waals surface area contributed by atoms with Crippen LogP contribution >= 0.6 is 11.3 Å². The molecule has 0 atom stereocenters. The molecule has 1 saturated carbocycles. The quantitative estimate of drug-likeness (QED) is 0.730. The maximum Gasteiger partial charge on any atom is 0.223 e. The second-order valence-electron chi connectivity index (χ2n) is 7.06. The number of benzene rings is 1. The third kappa shape index (κ3) is 3.21. The van der Waals surface area contributed by atoms with Crippen LogP contribution in [0.4, 0.5) is 5.82 Å². The minimum atomic E-state index is 0.0372. The van der Waals surface area contributed by atoms with Gasteiger partial charge in [0.05, 0.1) is 16.3 Å². The number of nitrogens with one attached hydrogen (secondary N) is 1. The Hall–Kier alpha value is -2.74. The number of hydrogen-bond donors (Lipinski definition) is 1. The SMILES string of the molecule is O=C(NC1CN(c2cccnn2)C1)[C@H]1C[C@H](Oc2cccc3scnc23)C1. The first-order chi connectivity index (χ1) is 13.3. The molecule has 0 radical (unpaired) electrons. The Morgan fingerprint density at radius 3 is 2.93 bits per heavy atom.